The Morgan fingerprint density at radius 3 is 2.71 bits per heavy atom. The van der Waals surface area contributed by atoms with E-state index >= 15 is 0 Å². The van der Waals surface area contributed by atoms with Gasteiger partial charge in [-0.3, -0.25) is 4.79 Å². The van der Waals surface area contributed by atoms with Crippen LogP contribution in [0.1, 0.15) is 12.2 Å². The molecule has 0 aliphatic heterocycles. The Kier molecular flexibility index (Phi) is 11.4. The average molecular weight is 377 g/mol. The van der Waals surface area contributed by atoms with Crippen molar-refractivity contribution in [3.05, 3.63) is 30.1 Å². The van der Waals surface area contributed by atoms with Gasteiger partial charge in [0.2, 0.25) is 5.91 Å². The average Bonchev–Trinajstić information content (AvgIpc) is 2.85. The van der Waals surface area contributed by atoms with E-state index in [1.165, 1.54) is 0 Å². The van der Waals surface area contributed by atoms with Crippen LogP contribution in [0.5, 0.6) is 0 Å². The maximum atomic E-state index is 11.6. The lowest BCUT2D eigenvalue weighted by Gasteiger charge is -2.06. The van der Waals surface area contributed by atoms with Crippen LogP contribution in [-0.2, 0) is 23.0 Å². The van der Waals surface area contributed by atoms with Gasteiger partial charge < -0.3 is 19.9 Å². The highest BCUT2D eigenvalue weighted by atomic mass is 35.5. The van der Waals surface area contributed by atoms with Crippen LogP contribution in [-0.4, -0.2) is 48.8 Å². The van der Waals surface area contributed by atoms with Gasteiger partial charge in [0.05, 0.1) is 24.2 Å². The van der Waals surface area contributed by atoms with E-state index in [9.17, 15) is 4.79 Å². The number of rotatable bonds is 9. The fourth-order valence-corrected chi connectivity index (χ4v) is 2.33. The van der Waals surface area contributed by atoms with Gasteiger partial charge in [0.15, 0.2) is 0 Å². The van der Waals surface area contributed by atoms with Crippen LogP contribution in [0.2, 0.25) is 0 Å². The Balaban J connectivity index is 0.00000264. The lowest BCUT2D eigenvalue weighted by Crippen LogP contribution is -2.35. The number of hydrogen-bond donors (Lipinski definition) is 2. The predicted molar refractivity (Wildman–Crippen MR) is 101 cm³/mol. The molecule has 8 heteroatoms. The quantitative estimate of drug-likeness (QED) is 0.653. The molecular formula is C16H26Cl2N4O2. The van der Waals surface area contributed by atoms with Crippen LogP contribution in [0.3, 0.4) is 0 Å². The zero-order chi connectivity index (χ0) is 15.8. The molecule has 0 aliphatic carbocycles. The number of benzene rings is 1. The van der Waals surface area contributed by atoms with Gasteiger partial charge in [-0.05, 0) is 18.6 Å². The molecular weight excluding hydrogens is 351 g/mol. The maximum absolute atomic E-state index is 11.6. The van der Waals surface area contributed by atoms with Crippen LogP contribution >= 0.6 is 24.8 Å². The lowest BCUT2D eigenvalue weighted by atomic mass is 10.3. The summed E-state index contributed by atoms with van der Waals surface area (Å²) in [6, 6.07) is 8.10. The number of carbonyl (C=O) groups excluding carboxylic acids is 1. The number of para-hydroxylation sites is 2. The highest BCUT2D eigenvalue weighted by Gasteiger charge is 2.07. The number of nitrogens with one attached hydrogen (secondary N) is 2. The number of methoxy groups -OCH3 is 1. The molecule has 2 rings (SSSR count). The van der Waals surface area contributed by atoms with E-state index in [0.717, 1.165) is 29.7 Å². The molecule has 0 radical (unpaired) electrons. The molecule has 1 aromatic carbocycles. The first-order chi connectivity index (χ1) is 10.7. The van der Waals surface area contributed by atoms with E-state index in [2.05, 4.69) is 26.3 Å². The number of amides is 1. The molecule has 6 nitrogen and oxygen atoms in total. The van der Waals surface area contributed by atoms with Crippen molar-refractivity contribution in [2.24, 2.45) is 7.05 Å². The molecule has 0 saturated carbocycles. The monoisotopic (exact) mass is 376 g/mol. The summed E-state index contributed by atoms with van der Waals surface area (Å²) in [6.45, 7) is 2.29. The molecule has 1 heterocycles. The minimum atomic E-state index is 0. The Morgan fingerprint density at radius 1 is 1.25 bits per heavy atom. The summed E-state index contributed by atoms with van der Waals surface area (Å²) in [5, 5.41) is 5.92. The normalized spacial score (nSPS) is 10.1. The second-order valence-electron chi connectivity index (χ2n) is 5.20. The molecule has 24 heavy (non-hydrogen) atoms. The number of carbonyl (C=O) groups is 1. The number of ether oxygens (including phenoxy) is 1. The maximum Gasteiger partial charge on any atom is 0.233 e. The van der Waals surface area contributed by atoms with Crippen LogP contribution in [0.4, 0.5) is 0 Å². The summed E-state index contributed by atoms with van der Waals surface area (Å²) < 4.78 is 7.02. The number of aryl methyl sites for hydroxylation is 2. The molecule has 0 aliphatic rings. The molecule has 0 bridgehead atoms. The summed E-state index contributed by atoms with van der Waals surface area (Å²) in [5.41, 5.74) is 2.16. The molecule has 136 valence electrons. The van der Waals surface area contributed by atoms with Crippen molar-refractivity contribution < 1.29 is 9.53 Å². The zero-order valence-corrected chi connectivity index (χ0v) is 15.7. The van der Waals surface area contributed by atoms with Gasteiger partial charge in [0.25, 0.3) is 0 Å². The number of halogens is 2. The standard InChI is InChI=1S/C16H24N4O2.2ClH/c1-20-14-7-4-3-6-13(14)19-15(20)8-5-9-18-16(21)12-17-10-11-22-2;;/h3-4,6-7,17H,5,8-12H2,1-2H3,(H,18,21);2*1H. The third kappa shape index (κ3) is 6.65. The third-order valence-electron chi connectivity index (χ3n) is 3.55. The van der Waals surface area contributed by atoms with E-state index in [0.29, 0.717) is 26.2 Å². The van der Waals surface area contributed by atoms with Crippen molar-refractivity contribution in [3.8, 4) is 0 Å². The highest BCUT2D eigenvalue weighted by Crippen LogP contribution is 2.14. The molecule has 1 aromatic heterocycles. The highest BCUT2D eigenvalue weighted by molar-refractivity contribution is 5.85. The minimum absolute atomic E-state index is 0. The Hall–Kier alpha value is -1.34. The molecule has 2 aromatic rings. The van der Waals surface area contributed by atoms with Gasteiger partial charge in [-0.2, -0.15) is 0 Å². The lowest BCUT2D eigenvalue weighted by molar-refractivity contribution is -0.120. The second kappa shape index (κ2) is 12.1. The van der Waals surface area contributed by atoms with Gasteiger partial charge in [0.1, 0.15) is 5.82 Å². The van der Waals surface area contributed by atoms with Crippen molar-refractivity contribution in [2.45, 2.75) is 12.8 Å². The van der Waals surface area contributed by atoms with E-state index in [-0.39, 0.29) is 30.7 Å². The zero-order valence-electron chi connectivity index (χ0n) is 14.1. The van der Waals surface area contributed by atoms with Crippen molar-refractivity contribution in [3.63, 3.8) is 0 Å². The summed E-state index contributed by atoms with van der Waals surface area (Å²) in [4.78, 5) is 16.2. The Bertz CT molecular complexity index is 619. The van der Waals surface area contributed by atoms with Crippen molar-refractivity contribution >= 4 is 41.8 Å². The fourth-order valence-electron chi connectivity index (χ4n) is 2.33. The summed E-state index contributed by atoms with van der Waals surface area (Å²) >= 11 is 0. The van der Waals surface area contributed by atoms with Crippen molar-refractivity contribution in [1.29, 1.82) is 0 Å². The van der Waals surface area contributed by atoms with E-state index in [4.69, 9.17) is 4.74 Å². The summed E-state index contributed by atoms with van der Waals surface area (Å²) in [6.07, 6.45) is 1.73. The first kappa shape index (κ1) is 22.7. The molecule has 2 N–H and O–H groups in total. The molecule has 0 spiro atoms. The number of fused-ring (bicyclic) bond motifs is 1. The molecule has 0 unspecified atom stereocenters. The van der Waals surface area contributed by atoms with Crippen LogP contribution in [0.15, 0.2) is 24.3 Å². The summed E-state index contributed by atoms with van der Waals surface area (Å²) in [5.74, 6) is 1.06. The molecule has 0 saturated heterocycles. The second-order valence-corrected chi connectivity index (χ2v) is 5.20. The number of hydrogen-bond acceptors (Lipinski definition) is 4. The Labute approximate surface area is 155 Å². The van der Waals surface area contributed by atoms with Gasteiger partial charge in [-0.15, -0.1) is 24.8 Å². The van der Waals surface area contributed by atoms with Crippen LogP contribution in [0.25, 0.3) is 11.0 Å². The smallest absolute Gasteiger partial charge is 0.233 e. The topological polar surface area (TPSA) is 68.2 Å². The molecule has 0 atom stereocenters. The first-order valence-electron chi connectivity index (χ1n) is 7.59. The van der Waals surface area contributed by atoms with E-state index in [1.54, 1.807) is 7.11 Å². The fraction of sp³-hybridized carbons (Fsp3) is 0.500. The largest absolute Gasteiger partial charge is 0.383 e. The molecule has 0 fully saturated rings. The van der Waals surface area contributed by atoms with E-state index in [1.807, 2.05) is 25.2 Å². The third-order valence-corrected chi connectivity index (χ3v) is 3.55. The van der Waals surface area contributed by atoms with E-state index < -0.39 is 0 Å². The van der Waals surface area contributed by atoms with Gasteiger partial charge in [0, 0.05) is 33.7 Å². The molecule has 1 amide bonds. The van der Waals surface area contributed by atoms with Crippen molar-refractivity contribution in [2.75, 3.05) is 33.4 Å². The minimum Gasteiger partial charge on any atom is -0.383 e. The summed E-state index contributed by atoms with van der Waals surface area (Å²) in [7, 11) is 3.67. The number of aromatic nitrogens is 2. The number of nitrogens with zero attached hydrogens (tertiary/aromatic N) is 2. The predicted octanol–water partition coefficient (Wildman–Crippen LogP) is 1.70. The van der Waals surface area contributed by atoms with Crippen LogP contribution < -0.4 is 10.6 Å². The SMILES string of the molecule is COCCNCC(=O)NCCCc1nc2ccccc2n1C.Cl.Cl. The Morgan fingerprint density at radius 2 is 2.00 bits per heavy atom. The van der Waals surface area contributed by atoms with Gasteiger partial charge >= 0.3 is 0 Å². The number of imidazole rings is 1. The van der Waals surface area contributed by atoms with Gasteiger partial charge in [-0.25, -0.2) is 4.98 Å². The van der Waals surface area contributed by atoms with Crippen LogP contribution in [0, 0.1) is 0 Å². The first-order valence-corrected chi connectivity index (χ1v) is 7.59. The van der Waals surface area contributed by atoms with Gasteiger partial charge in [-0.1, -0.05) is 12.1 Å². The van der Waals surface area contributed by atoms with Crippen molar-refractivity contribution in [1.82, 2.24) is 20.2 Å².